The molecule has 0 fully saturated rings. The van der Waals surface area contributed by atoms with Gasteiger partial charge in [0.15, 0.2) is 0 Å². The van der Waals surface area contributed by atoms with Crippen LogP contribution in [-0.2, 0) is 6.42 Å². The lowest BCUT2D eigenvalue weighted by atomic mass is 9.98. The molecule has 0 unspecified atom stereocenters. The van der Waals surface area contributed by atoms with Gasteiger partial charge in [0.1, 0.15) is 0 Å². The Balaban J connectivity index is 1.95. The minimum atomic E-state index is 0.761. The Morgan fingerprint density at radius 1 is 1.00 bits per heavy atom. The van der Waals surface area contributed by atoms with Crippen molar-refractivity contribution in [3.8, 4) is 11.3 Å². The largest absolute Gasteiger partial charge is 0.354 e. The van der Waals surface area contributed by atoms with Crippen LogP contribution < -0.4 is 5.73 Å². The lowest BCUT2D eigenvalue weighted by molar-refractivity contribution is 0.748. The Kier molecular flexibility index (Phi) is 4.36. The Labute approximate surface area is 152 Å². The molecule has 3 heteroatoms. The van der Waals surface area contributed by atoms with Crippen molar-refractivity contribution in [1.82, 2.24) is 4.98 Å². The fourth-order valence-electron chi connectivity index (χ4n) is 3.67. The van der Waals surface area contributed by atoms with Crippen LogP contribution in [0, 0.1) is 13.8 Å². The molecule has 0 saturated heterocycles. The average Bonchev–Trinajstić information content (AvgIpc) is 3.20. The Hall–Kier alpha value is -2.10. The van der Waals surface area contributed by atoms with Gasteiger partial charge in [0.25, 0.3) is 0 Å². The highest BCUT2D eigenvalue weighted by Crippen LogP contribution is 2.39. The molecule has 2 aromatic carbocycles. The topological polar surface area (TPSA) is 41.8 Å². The minimum Gasteiger partial charge on any atom is -0.354 e. The van der Waals surface area contributed by atoms with Gasteiger partial charge in [-0.1, -0.05) is 30.3 Å². The molecule has 0 atom stereocenters. The third kappa shape index (κ3) is 2.78. The summed E-state index contributed by atoms with van der Waals surface area (Å²) in [6.45, 7) is 5.16. The Bertz CT molecular complexity index is 1040. The standard InChI is InChI=1S/C22H24N2S/c1-14-10-11-18-17(8-5-6-12-23)22(24-21(18)15(14)2)19-13-25-20-9-4-3-7-16(19)20/h3-4,7,9-11,13,24H,5-6,8,12,23H2,1-2H3. The van der Waals surface area contributed by atoms with E-state index in [1.807, 2.05) is 11.3 Å². The van der Waals surface area contributed by atoms with Crippen LogP contribution in [0.5, 0.6) is 0 Å². The fourth-order valence-corrected chi connectivity index (χ4v) is 4.62. The van der Waals surface area contributed by atoms with Crippen molar-refractivity contribution >= 4 is 32.3 Å². The third-order valence-corrected chi connectivity index (χ3v) is 6.21. The average molecular weight is 349 g/mol. The van der Waals surface area contributed by atoms with Crippen molar-refractivity contribution < 1.29 is 0 Å². The normalized spacial score (nSPS) is 11.6. The SMILES string of the molecule is Cc1ccc2c(CCCCN)c(-c3csc4ccccc34)[nH]c2c1C. The number of aryl methyl sites for hydroxylation is 3. The van der Waals surface area contributed by atoms with E-state index >= 15 is 0 Å². The minimum absolute atomic E-state index is 0.761. The van der Waals surface area contributed by atoms with Crippen molar-refractivity contribution in [3.05, 3.63) is 58.5 Å². The number of aromatic amines is 1. The lowest BCUT2D eigenvalue weighted by Gasteiger charge is -2.05. The molecule has 0 spiro atoms. The number of nitrogens with two attached hydrogens (primary N) is 1. The van der Waals surface area contributed by atoms with Crippen LogP contribution in [0.3, 0.4) is 0 Å². The number of nitrogens with one attached hydrogen (secondary N) is 1. The first-order chi connectivity index (χ1) is 12.2. The molecular weight excluding hydrogens is 324 g/mol. The van der Waals surface area contributed by atoms with E-state index in [0.29, 0.717) is 0 Å². The third-order valence-electron chi connectivity index (χ3n) is 5.24. The summed E-state index contributed by atoms with van der Waals surface area (Å²) in [6, 6.07) is 13.2. The van der Waals surface area contributed by atoms with Crippen LogP contribution in [0.1, 0.15) is 29.5 Å². The van der Waals surface area contributed by atoms with Gasteiger partial charge in [0.05, 0.1) is 5.69 Å². The van der Waals surface area contributed by atoms with Gasteiger partial charge in [-0.15, -0.1) is 11.3 Å². The summed E-state index contributed by atoms with van der Waals surface area (Å²) in [7, 11) is 0. The summed E-state index contributed by atoms with van der Waals surface area (Å²) in [6.07, 6.45) is 3.27. The number of unbranched alkanes of at least 4 members (excludes halogenated alkanes) is 1. The molecule has 0 aliphatic carbocycles. The summed E-state index contributed by atoms with van der Waals surface area (Å²) in [5.74, 6) is 0. The lowest BCUT2D eigenvalue weighted by Crippen LogP contribution is -1.99. The maximum absolute atomic E-state index is 5.73. The van der Waals surface area contributed by atoms with Gasteiger partial charge in [-0.2, -0.15) is 0 Å². The van der Waals surface area contributed by atoms with E-state index in [9.17, 15) is 0 Å². The van der Waals surface area contributed by atoms with E-state index < -0.39 is 0 Å². The Morgan fingerprint density at radius 3 is 2.68 bits per heavy atom. The zero-order valence-corrected chi connectivity index (χ0v) is 15.7. The molecule has 25 heavy (non-hydrogen) atoms. The first-order valence-electron chi connectivity index (χ1n) is 8.98. The van der Waals surface area contributed by atoms with Gasteiger partial charge in [-0.3, -0.25) is 0 Å². The van der Waals surface area contributed by atoms with Crippen LogP contribution in [0.15, 0.2) is 41.8 Å². The van der Waals surface area contributed by atoms with Gasteiger partial charge < -0.3 is 10.7 Å². The van der Waals surface area contributed by atoms with Gasteiger partial charge in [0, 0.05) is 31.9 Å². The number of hydrogen-bond acceptors (Lipinski definition) is 2. The van der Waals surface area contributed by atoms with Gasteiger partial charge in [-0.05, 0) is 62.4 Å². The number of rotatable bonds is 5. The van der Waals surface area contributed by atoms with Gasteiger partial charge in [0.2, 0.25) is 0 Å². The summed E-state index contributed by atoms with van der Waals surface area (Å²) in [4.78, 5) is 3.77. The molecule has 2 aromatic heterocycles. The van der Waals surface area contributed by atoms with E-state index in [2.05, 4.69) is 60.6 Å². The molecule has 3 N–H and O–H groups in total. The smallest absolute Gasteiger partial charge is 0.0512 e. The number of H-pyrrole nitrogens is 1. The molecule has 0 bridgehead atoms. The molecule has 2 heterocycles. The molecule has 2 nitrogen and oxygen atoms in total. The molecule has 0 saturated carbocycles. The number of aromatic nitrogens is 1. The van der Waals surface area contributed by atoms with E-state index in [0.717, 1.165) is 25.8 Å². The predicted molar refractivity (Wildman–Crippen MR) is 111 cm³/mol. The van der Waals surface area contributed by atoms with Crippen molar-refractivity contribution in [2.45, 2.75) is 33.1 Å². The summed E-state index contributed by atoms with van der Waals surface area (Å²) >= 11 is 1.82. The van der Waals surface area contributed by atoms with Crippen molar-refractivity contribution in [2.24, 2.45) is 5.73 Å². The second kappa shape index (κ2) is 6.66. The van der Waals surface area contributed by atoms with E-state index in [-0.39, 0.29) is 0 Å². The van der Waals surface area contributed by atoms with E-state index in [1.54, 1.807) is 0 Å². The first-order valence-corrected chi connectivity index (χ1v) is 9.86. The summed E-state index contributed by atoms with van der Waals surface area (Å²) in [5, 5.41) is 5.00. The van der Waals surface area contributed by atoms with Crippen molar-refractivity contribution in [2.75, 3.05) is 6.54 Å². The second-order valence-electron chi connectivity index (χ2n) is 6.80. The van der Waals surface area contributed by atoms with Crippen LogP contribution in [0.2, 0.25) is 0 Å². The highest BCUT2D eigenvalue weighted by Gasteiger charge is 2.17. The first kappa shape index (κ1) is 16.4. The van der Waals surface area contributed by atoms with Gasteiger partial charge >= 0.3 is 0 Å². The number of fused-ring (bicyclic) bond motifs is 2. The molecule has 0 aliphatic rings. The van der Waals surface area contributed by atoms with E-state index in [1.165, 1.54) is 48.9 Å². The van der Waals surface area contributed by atoms with Crippen LogP contribution in [-0.4, -0.2) is 11.5 Å². The highest BCUT2D eigenvalue weighted by atomic mass is 32.1. The highest BCUT2D eigenvalue weighted by molar-refractivity contribution is 7.17. The van der Waals surface area contributed by atoms with Crippen LogP contribution >= 0.6 is 11.3 Å². The Morgan fingerprint density at radius 2 is 1.84 bits per heavy atom. The monoisotopic (exact) mass is 348 g/mol. The molecule has 0 aliphatic heterocycles. The molecule has 0 radical (unpaired) electrons. The summed E-state index contributed by atoms with van der Waals surface area (Å²) < 4.78 is 1.34. The molecule has 4 rings (SSSR count). The molecule has 128 valence electrons. The van der Waals surface area contributed by atoms with Crippen molar-refractivity contribution in [3.63, 3.8) is 0 Å². The summed E-state index contributed by atoms with van der Waals surface area (Å²) in [5.41, 5.74) is 13.8. The van der Waals surface area contributed by atoms with Crippen LogP contribution in [0.4, 0.5) is 0 Å². The zero-order chi connectivity index (χ0) is 17.4. The van der Waals surface area contributed by atoms with Crippen molar-refractivity contribution in [1.29, 1.82) is 0 Å². The second-order valence-corrected chi connectivity index (χ2v) is 7.71. The molecular formula is C22H24N2S. The molecule has 0 amide bonds. The number of hydrogen-bond donors (Lipinski definition) is 2. The quantitative estimate of drug-likeness (QED) is 0.430. The predicted octanol–water partition coefficient (Wildman–Crippen LogP) is 5.95. The zero-order valence-electron chi connectivity index (χ0n) is 14.9. The maximum atomic E-state index is 5.73. The number of thiophene rings is 1. The maximum Gasteiger partial charge on any atom is 0.0512 e. The van der Waals surface area contributed by atoms with Crippen LogP contribution in [0.25, 0.3) is 32.2 Å². The fraction of sp³-hybridized carbons (Fsp3) is 0.273. The molecule has 4 aromatic rings. The van der Waals surface area contributed by atoms with Gasteiger partial charge in [-0.25, -0.2) is 0 Å². The number of benzene rings is 2. The van der Waals surface area contributed by atoms with E-state index in [4.69, 9.17) is 5.73 Å².